The van der Waals surface area contributed by atoms with E-state index in [2.05, 4.69) is 62.3 Å². The SMILES string of the molecule is CCc1ccc(C(NC)C(C)N2CCOC(C)C2)cc1. The summed E-state index contributed by atoms with van der Waals surface area (Å²) >= 11 is 0. The van der Waals surface area contributed by atoms with Gasteiger partial charge in [-0.05, 0) is 38.4 Å². The van der Waals surface area contributed by atoms with E-state index in [0.29, 0.717) is 18.2 Å². The zero-order valence-corrected chi connectivity index (χ0v) is 13.2. The second-order valence-electron chi connectivity index (χ2n) is 5.78. The summed E-state index contributed by atoms with van der Waals surface area (Å²) in [5.41, 5.74) is 2.77. The Labute approximate surface area is 123 Å². The number of morpholine rings is 1. The van der Waals surface area contributed by atoms with Crippen LogP contribution in [0.25, 0.3) is 0 Å². The molecule has 1 aliphatic rings. The van der Waals surface area contributed by atoms with Crippen LogP contribution in [0.4, 0.5) is 0 Å². The molecule has 3 nitrogen and oxygen atoms in total. The molecule has 3 atom stereocenters. The lowest BCUT2D eigenvalue weighted by atomic mass is 9.97. The van der Waals surface area contributed by atoms with Gasteiger partial charge < -0.3 is 10.1 Å². The third-order valence-corrected chi connectivity index (χ3v) is 4.39. The van der Waals surface area contributed by atoms with Crippen LogP contribution in [-0.2, 0) is 11.2 Å². The third kappa shape index (κ3) is 3.60. The van der Waals surface area contributed by atoms with Crippen LogP contribution >= 0.6 is 0 Å². The van der Waals surface area contributed by atoms with Crippen molar-refractivity contribution in [1.82, 2.24) is 10.2 Å². The van der Waals surface area contributed by atoms with Crippen LogP contribution in [0.2, 0.25) is 0 Å². The highest BCUT2D eigenvalue weighted by molar-refractivity contribution is 5.26. The summed E-state index contributed by atoms with van der Waals surface area (Å²) in [6.07, 6.45) is 1.44. The molecular weight excluding hydrogens is 248 g/mol. The summed E-state index contributed by atoms with van der Waals surface area (Å²) in [5.74, 6) is 0. The quantitative estimate of drug-likeness (QED) is 0.895. The zero-order chi connectivity index (χ0) is 14.5. The van der Waals surface area contributed by atoms with Gasteiger partial charge in [0.25, 0.3) is 0 Å². The van der Waals surface area contributed by atoms with E-state index in [4.69, 9.17) is 4.74 Å². The molecule has 2 rings (SSSR count). The van der Waals surface area contributed by atoms with Crippen LogP contribution in [0.5, 0.6) is 0 Å². The van der Waals surface area contributed by atoms with Crippen LogP contribution in [-0.4, -0.2) is 43.8 Å². The molecule has 1 saturated heterocycles. The Bertz CT molecular complexity index is 404. The molecule has 0 saturated carbocycles. The molecular formula is C17H28N2O. The first-order valence-corrected chi connectivity index (χ1v) is 7.77. The molecule has 3 unspecified atom stereocenters. The second-order valence-corrected chi connectivity index (χ2v) is 5.78. The van der Waals surface area contributed by atoms with Crippen molar-refractivity contribution in [3.05, 3.63) is 35.4 Å². The Morgan fingerprint density at radius 1 is 1.35 bits per heavy atom. The molecule has 1 N–H and O–H groups in total. The summed E-state index contributed by atoms with van der Waals surface area (Å²) < 4.78 is 5.65. The normalized spacial score (nSPS) is 23.5. The van der Waals surface area contributed by atoms with Crippen molar-refractivity contribution in [3.63, 3.8) is 0 Å². The van der Waals surface area contributed by atoms with E-state index >= 15 is 0 Å². The van der Waals surface area contributed by atoms with Gasteiger partial charge in [-0.3, -0.25) is 4.90 Å². The fourth-order valence-electron chi connectivity index (χ4n) is 3.07. The number of hydrogen-bond acceptors (Lipinski definition) is 3. The molecule has 112 valence electrons. The highest BCUT2D eigenvalue weighted by Crippen LogP contribution is 2.23. The van der Waals surface area contributed by atoms with Crippen molar-refractivity contribution in [2.24, 2.45) is 0 Å². The average Bonchev–Trinajstić information content (AvgIpc) is 2.48. The number of aryl methyl sites for hydroxylation is 1. The van der Waals surface area contributed by atoms with E-state index in [0.717, 1.165) is 26.1 Å². The maximum Gasteiger partial charge on any atom is 0.0674 e. The van der Waals surface area contributed by atoms with Gasteiger partial charge in [0.1, 0.15) is 0 Å². The molecule has 0 amide bonds. The molecule has 20 heavy (non-hydrogen) atoms. The lowest BCUT2D eigenvalue weighted by Gasteiger charge is -2.39. The average molecular weight is 276 g/mol. The number of hydrogen-bond donors (Lipinski definition) is 1. The molecule has 0 aliphatic carbocycles. The minimum Gasteiger partial charge on any atom is -0.376 e. The predicted octanol–water partition coefficient (Wildman–Crippen LogP) is 2.62. The lowest BCUT2D eigenvalue weighted by molar-refractivity contribution is -0.0365. The summed E-state index contributed by atoms with van der Waals surface area (Å²) in [5, 5.41) is 3.49. The standard InChI is InChI=1S/C17H28N2O/c1-5-15-6-8-16(9-7-15)17(18-4)14(3)19-10-11-20-13(2)12-19/h6-9,13-14,17-18H,5,10-12H2,1-4H3. The summed E-state index contributed by atoms with van der Waals surface area (Å²) in [4.78, 5) is 2.53. The molecule has 0 spiro atoms. The van der Waals surface area contributed by atoms with Gasteiger partial charge >= 0.3 is 0 Å². The van der Waals surface area contributed by atoms with Gasteiger partial charge in [-0.2, -0.15) is 0 Å². The second kappa shape index (κ2) is 7.21. The Hall–Kier alpha value is -0.900. The van der Waals surface area contributed by atoms with Gasteiger partial charge in [0.2, 0.25) is 0 Å². The highest BCUT2D eigenvalue weighted by atomic mass is 16.5. The molecule has 0 aromatic heterocycles. The molecule has 0 bridgehead atoms. The topological polar surface area (TPSA) is 24.5 Å². The van der Waals surface area contributed by atoms with E-state index in [-0.39, 0.29) is 0 Å². The molecule has 1 aromatic carbocycles. The number of rotatable bonds is 5. The zero-order valence-electron chi connectivity index (χ0n) is 13.2. The number of benzene rings is 1. The van der Waals surface area contributed by atoms with Gasteiger partial charge in [0, 0.05) is 25.2 Å². The Morgan fingerprint density at radius 3 is 2.60 bits per heavy atom. The Balaban J connectivity index is 2.09. The van der Waals surface area contributed by atoms with Crippen molar-refractivity contribution in [2.75, 3.05) is 26.7 Å². The van der Waals surface area contributed by atoms with Gasteiger partial charge in [-0.15, -0.1) is 0 Å². The first-order valence-electron chi connectivity index (χ1n) is 7.77. The van der Waals surface area contributed by atoms with Crippen LogP contribution in [0, 0.1) is 0 Å². The van der Waals surface area contributed by atoms with Crippen LogP contribution in [0.1, 0.15) is 37.9 Å². The van der Waals surface area contributed by atoms with E-state index in [1.165, 1.54) is 11.1 Å². The van der Waals surface area contributed by atoms with Crippen LogP contribution in [0.15, 0.2) is 24.3 Å². The van der Waals surface area contributed by atoms with Crippen molar-refractivity contribution < 1.29 is 4.74 Å². The fourth-order valence-corrected chi connectivity index (χ4v) is 3.07. The van der Waals surface area contributed by atoms with Crippen LogP contribution < -0.4 is 5.32 Å². The maximum absolute atomic E-state index is 5.65. The summed E-state index contributed by atoms with van der Waals surface area (Å²) in [6, 6.07) is 9.86. The van der Waals surface area contributed by atoms with Gasteiger partial charge in [0.05, 0.1) is 12.7 Å². The van der Waals surface area contributed by atoms with E-state index < -0.39 is 0 Å². The van der Waals surface area contributed by atoms with E-state index in [1.807, 2.05) is 0 Å². The van der Waals surface area contributed by atoms with E-state index in [9.17, 15) is 0 Å². The smallest absolute Gasteiger partial charge is 0.0674 e. The highest BCUT2D eigenvalue weighted by Gasteiger charge is 2.27. The van der Waals surface area contributed by atoms with Crippen molar-refractivity contribution in [1.29, 1.82) is 0 Å². The summed E-state index contributed by atoms with van der Waals surface area (Å²) in [6.45, 7) is 9.55. The first-order chi connectivity index (χ1) is 9.65. The molecule has 3 heteroatoms. The van der Waals surface area contributed by atoms with E-state index in [1.54, 1.807) is 0 Å². The lowest BCUT2D eigenvalue weighted by Crippen LogP contribution is -2.49. The van der Waals surface area contributed by atoms with Crippen molar-refractivity contribution >= 4 is 0 Å². The summed E-state index contributed by atoms with van der Waals surface area (Å²) in [7, 11) is 2.05. The van der Waals surface area contributed by atoms with Crippen molar-refractivity contribution in [2.45, 2.75) is 45.4 Å². The number of nitrogens with zero attached hydrogens (tertiary/aromatic N) is 1. The number of nitrogens with one attached hydrogen (secondary N) is 1. The van der Waals surface area contributed by atoms with Crippen molar-refractivity contribution in [3.8, 4) is 0 Å². The molecule has 1 heterocycles. The molecule has 1 aromatic rings. The Morgan fingerprint density at radius 2 is 2.05 bits per heavy atom. The largest absolute Gasteiger partial charge is 0.376 e. The molecule has 1 fully saturated rings. The first kappa shape index (κ1) is 15.5. The fraction of sp³-hybridized carbons (Fsp3) is 0.647. The third-order valence-electron chi connectivity index (χ3n) is 4.39. The van der Waals surface area contributed by atoms with Gasteiger partial charge in [-0.25, -0.2) is 0 Å². The monoisotopic (exact) mass is 276 g/mol. The number of ether oxygens (including phenoxy) is 1. The van der Waals surface area contributed by atoms with Crippen LogP contribution in [0.3, 0.4) is 0 Å². The molecule has 1 aliphatic heterocycles. The maximum atomic E-state index is 5.65. The Kier molecular flexibility index (Phi) is 5.58. The minimum absolute atomic E-state index is 0.339. The molecule has 0 radical (unpaired) electrons. The predicted molar refractivity (Wildman–Crippen MR) is 84.1 cm³/mol. The van der Waals surface area contributed by atoms with Gasteiger partial charge in [-0.1, -0.05) is 31.2 Å². The number of likely N-dealkylation sites (N-methyl/N-ethyl adjacent to an activating group) is 1. The van der Waals surface area contributed by atoms with Gasteiger partial charge in [0.15, 0.2) is 0 Å². The minimum atomic E-state index is 0.339.